The Morgan fingerprint density at radius 3 is 2.90 bits per heavy atom. The first kappa shape index (κ1) is 21.0. The second-order valence-corrected chi connectivity index (χ2v) is 8.38. The molecule has 1 fully saturated rings. The van der Waals surface area contributed by atoms with Crippen molar-refractivity contribution in [3.05, 3.63) is 40.8 Å². The van der Waals surface area contributed by atoms with Gasteiger partial charge in [0.25, 0.3) is 0 Å². The van der Waals surface area contributed by atoms with E-state index in [1.807, 2.05) is 0 Å². The number of hydrogen-bond donors (Lipinski definition) is 2. The van der Waals surface area contributed by atoms with Crippen LogP contribution in [0.1, 0.15) is 35.0 Å². The monoisotopic (exact) mass is 444 g/mol. The van der Waals surface area contributed by atoms with Gasteiger partial charge in [-0.15, -0.1) is 11.3 Å². The number of nitrogens with one attached hydrogen (secondary N) is 1. The molecule has 3 heterocycles. The van der Waals surface area contributed by atoms with E-state index in [9.17, 15) is 19.1 Å². The molecule has 31 heavy (non-hydrogen) atoms. The Kier molecular flexibility index (Phi) is 5.73. The van der Waals surface area contributed by atoms with E-state index < -0.39 is 11.8 Å². The zero-order valence-corrected chi connectivity index (χ0v) is 17.8. The number of aromatic nitrogens is 2. The summed E-state index contributed by atoms with van der Waals surface area (Å²) < 4.78 is 20.1. The smallest absolute Gasteiger partial charge is 0.346 e. The van der Waals surface area contributed by atoms with Crippen LogP contribution in [0.5, 0.6) is 5.75 Å². The number of carboxylic acid groups (broad SMARTS) is 1. The number of halogens is 1. The normalized spacial score (nSPS) is 16.4. The zero-order valence-electron chi connectivity index (χ0n) is 17.0. The quantitative estimate of drug-likeness (QED) is 0.613. The summed E-state index contributed by atoms with van der Waals surface area (Å²) in [5.74, 6) is -0.779. The zero-order chi connectivity index (χ0) is 22.1. The highest BCUT2D eigenvalue weighted by molar-refractivity contribution is 7.20. The molecule has 1 aliphatic heterocycles. The average molecular weight is 444 g/mol. The first-order valence-corrected chi connectivity index (χ1v) is 10.6. The van der Waals surface area contributed by atoms with Crippen molar-refractivity contribution in [2.24, 2.45) is 0 Å². The highest BCUT2D eigenvalue weighted by Crippen LogP contribution is 2.37. The fraction of sp³-hybridized carbons (Fsp3) is 0.333. The van der Waals surface area contributed by atoms with Gasteiger partial charge in [0, 0.05) is 19.5 Å². The first-order valence-electron chi connectivity index (χ1n) is 9.79. The third-order valence-corrected chi connectivity index (χ3v) is 6.42. The molecule has 1 aliphatic rings. The van der Waals surface area contributed by atoms with E-state index in [0.29, 0.717) is 46.1 Å². The number of aryl methyl sites for hydroxylation is 1. The Morgan fingerprint density at radius 2 is 2.16 bits per heavy atom. The topological polar surface area (TPSA) is 105 Å². The molecule has 0 spiro atoms. The molecule has 2 N–H and O–H groups in total. The number of piperidine rings is 1. The van der Waals surface area contributed by atoms with Crippen LogP contribution in [0.4, 0.5) is 15.9 Å². The summed E-state index contributed by atoms with van der Waals surface area (Å²) in [6, 6.07) is 4.14. The molecule has 10 heteroatoms. The van der Waals surface area contributed by atoms with Gasteiger partial charge in [-0.25, -0.2) is 19.2 Å². The van der Waals surface area contributed by atoms with Crippen molar-refractivity contribution in [3.8, 4) is 5.75 Å². The van der Waals surface area contributed by atoms with Crippen LogP contribution in [-0.4, -0.2) is 51.0 Å². The molecule has 1 atom stereocenters. The van der Waals surface area contributed by atoms with Crippen LogP contribution >= 0.6 is 11.3 Å². The molecular formula is C21H21FN4O4S. The number of carbonyl (C=O) groups is 2. The molecule has 2 aromatic heterocycles. The van der Waals surface area contributed by atoms with Crippen LogP contribution in [0.2, 0.25) is 0 Å². The van der Waals surface area contributed by atoms with E-state index in [-0.39, 0.29) is 16.9 Å². The number of fused-ring (bicyclic) bond motifs is 1. The molecule has 1 aromatic carbocycles. The van der Waals surface area contributed by atoms with Crippen molar-refractivity contribution in [2.45, 2.75) is 32.8 Å². The molecule has 4 rings (SSSR count). The summed E-state index contributed by atoms with van der Waals surface area (Å²) in [5.41, 5.74) is 1.05. The number of benzene rings is 1. The van der Waals surface area contributed by atoms with Gasteiger partial charge in [0.1, 0.15) is 39.5 Å². The van der Waals surface area contributed by atoms with Gasteiger partial charge in [0.05, 0.1) is 17.6 Å². The second-order valence-electron chi connectivity index (χ2n) is 7.38. The number of amides is 1. The Balaban J connectivity index is 1.66. The molecule has 1 amide bonds. The highest BCUT2D eigenvalue weighted by Gasteiger charge is 2.24. The second kappa shape index (κ2) is 8.46. The Labute approximate surface area is 181 Å². The number of aromatic carboxylic acids is 1. The first-order chi connectivity index (χ1) is 14.8. The summed E-state index contributed by atoms with van der Waals surface area (Å²) in [5, 5.41) is 13.2. The molecule has 0 aliphatic carbocycles. The lowest BCUT2D eigenvalue weighted by Gasteiger charge is -2.32. The third-order valence-electron chi connectivity index (χ3n) is 5.23. The van der Waals surface area contributed by atoms with Crippen LogP contribution in [0, 0.1) is 12.7 Å². The standard InChI is InChI=1S/C21H21FN4O4S/c1-11-17-19(23-10-24-20(17)31-18(11)21(28)29)25-15-6-5-13(22)8-16(15)30-14-4-3-7-26(9-14)12(2)27/h5-6,8,10,14H,3-4,7,9H2,1-2H3,(H,28,29)(H,23,24,25)/t14-/m1/s1. The molecule has 8 nitrogen and oxygen atoms in total. The van der Waals surface area contributed by atoms with Gasteiger partial charge in [-0.1, -0.05) is 0 Å². The lowest BCUT2D eigenvalue weighted by Crippen LogP contribution is -2.43. The van der Waals surface area contributed by atoms with E-state index in [1.165, 1.54) is 25.4 Å². The number of carbonyl (C=O) groups excluding carboxylic acids is 1. The molecular weight excluding hydrogens is 423 g/mol. The lowest BCUT2D eigenvalue weighted by molar-refractivity contribution is -0.131. The van der Waals surface area contributed by atoms with E-state index >= 15 is 0 Å². The maximum Gasteiger partial charge on any atom is 0.346 e. The van der Waals surface area contributed by atoms with Gasteiger partial charge in [0.2, 0.25) is 5.91 Å². The molecule has 3 aromatic rings. The minimum absolute atomic E-state index is 0.0172. The summed E-state index contributed by atoms with van der Waals surface area (Å²) >= 11 is 1.08. The van der Waals surface area contributed by atoms with Crippen molar-refractivity contribution in [1.82, 2.24) is 14.9 Å². The number of thiophene rings is 1. The SMILES string of the molecule is CC(=O)N1CCC[C@@H](Oc2cc(F)ccc2Nc2ncnc3sc(C(=O)O)c(C)c23)C1. The van der Waals surface area contributed by atoms with E-state index in [1.54, 1.807) is 17.9 Å². The van der Waals surface area contributed by atoms with Crippen molar-refractivity contribution in [2.75, 3.05) is 18.4 Å². The fourth-order valence-corrected chi connectivity index (χ4v) is 4.68. The number of rotatable bonds is 5. The lowest BCUT2D eigenvalue weighted by atomic mass is 10.1. The number of anilines is 2. The number of ether oxygens (including phenoxy) is 1. The summed E-state index contributed by atoms with van der Waals surface area (Å²) in [7, 11) is 0. The van der Waals surface area contributed by atoms with Crippen molar-refractivity contribution in [1.29, 1.82) is 0 Å². The van der Waals surface area contributed by atoms with Crippen LogP contribution in [0.25, 0.3) is 10.2 Å². The molecule has 0 bridgehead atoms. The minimum atomic E-state index is -1.02. The number of carboxylic acids is 1. The number of likely N-dealkylation sites (tertiary alicyclic amines) is 1. The molecule has 162 valence electrons. The molecule has 0 saturated carbocycles. The number of hydrogen-bond acceptors (Lipinski definition) is 7. The van der Waals surface area contributed by atoms with Gasteiger partial charge in [-0.2, -0.15) is 0 Å². The van der Waals surface area contributed by atoms with E-state index in [4.69, 9.17) is 4.74 Å². The average Bonchev–Trinajstić information content (AvgIpc) is 3.08. The predicted molar refractivity (Wildman–Crippen MR) is 115 cm³/mol. The summed E-state index contributed by atoms with van der Waals surface area (Å²) in [6.07, 6.45) is 2.65. The van der Waals surface area contributed by atoms with Gasteiger partial charge in [0.15, 0.2) is 0 Å². The summed E-state index contributed by atoms with van der Waals surface area (Å²) in [4.78, 5) is 34.1. The molecule has 0 radical (unpaired) electrons. The number of nitrogens with zero attached hydrogens (tertiary/aromatic N) is 3. The largest absolute Gasteiger partial charge is 0.486 e. The maximum atomic E-state index is 14.0. The molecule has 1 saturated heterocycles. The minimum Gasteiger partial charge on any atom is -0.486 e. The Bertz CT molecular complexity index is 1170. The molecule has 0 unspecified atom stereocenters. The highest BCUT2D eigenvalue weighted by atomic mass is 32.1. The fourth-order valence-electron chi connectivity index (χ4n) is 3.69. The van der Waals surface area contributed by atoms with Crippen LogP contribution < -0.4 is 10.1 Å². The van der Waals surface area contributed by atoms with Gasteiger partial charge in [-0.3, -0.25) is 4.79 Å². The Hall–Kier alpha value is -3.27. The van der Waals surface area contributed by atoms with Crippen molar-refractivity contribution >= 4 is 44.9 Å². The predicted octanol–water partition coefficient (Wildman–Crippen LogP) is 3.97. The van der Waals surface area contributed by atoms with E-state index in [0.717, 1.165) is 24.2 Å². The van der Waals surface area contributed by atoms with Gasteiger partial charge in [-0.05, 0) is 37.5 Å². The third kappa shape index (κ3) is 4.29. The Morgan fingerprint density at radius 1 is 1.35 bits per heavy atom. The summed E-state index contributed by atoms with van der Waals surface area (Å²) in [6.45, 7) is 4.35. The maximum absolute atomic E-state index is 14.0. The van der Waals surface area contributed by atoms with Crippen LogP contribution in [-0.2, 0) is 4.79 Å². The van der Waals surface area contributed by atoms with Crippen molar-refractivity contribution < 1.29 is 23.8 Å². The van der Waals surface area contributed by atoms with Gasteiger partial charge < -0.3 is 20.1 Å². The van der Waals surface area contributed by atoms with Crippen LogP contribution in [0.3, 0.4) is 0 Å². The van der Waals surface area contributed by atoms with Crippen molar-refractivity contribution in [3.63, 3.8) is 0 Å². The van der Waals surface area contributed by atoms with Gasteiger partial charge >= 0.3 is 5.97 Å². The van der Waals surface area contributed by atoms with E-state index in [2.05, 4.69) is 15.3 Å². The van der Waals surface area contributed by atoms with Crippen LogP contribution in [0.15, 0.2) is 24.5 Å².